The number of ether oxygens (including phenoxy) is 2. The van der Waals surface area contributed by atoms with Gasteiger partial charge in [-0.1, -0.05) is 36.4 Å². The summed E-state index contributed by atoms with van der Waals surface area (Å²) in [5.41, 5.74) is 2.03. The maximum absolute atomic E-state index is 12.4. The van der Waals surface area contributed by atoms with E-state index in [0.717, 1.165) is 21.9 Å². The Hall–Kier alpha value is -1.84. The van der Waals surface area contributed by atoms with Crippen LogP contribution in [-0.4, -0.2) is 50.6 Å². The van der Waals surface area contributed by atoms with Gasteiger partial charge in [-0.25, -0.2) is 8.42 Å². The fourth-order valence-electron chi connectivity index (χ4n) is 3.11. The van der Waals surface area contributed by atoms with Crippen molar-refractivity contribution in [2.75, 3.05) is 31.4 Å². The number of amides is 1. The van der Waals surface area contributed by atoms with Crippen molar-refractivity contribution in [2.24, 2.45) is 0 Å². The zero-order valence-electron chi connectivity index (χ0n) is 16.9. The first-order chi connectivity index (χ1) is 14.4. The molecule has 2 aromatic rings. The van der Waals surface area contributed by atoms with Crippen molar-refractivity contribution in [2.45, 2.75) is 18.4 Å². The second kappa shape index (κ2) is 10.5. The number of nitrogens with zero attached hydrogens (tertiary/aromatic N) is 1. The Morgan fingerprint density at radius 1 is 1.17 bits per heavy atom. The fourth-order valence-corrected chi connectivity index (χ4v) is 6.13. The van der Waals surface area contributed by atoms with Gasteiger partial charge >= 0.3 is 0 Å². The van der Waals surface area contributed by atoms with Crippen LogP contribution in [0.25, 0.3) is 0 Å². The minimum atomic E-state index is -3.06. The van der Waals surface area contributed by atoms with Crippen molar-refractivity contribution >= 4 is 37.3 Å². The van der Waals surface area contributed by atoms with Crippen molar-refractivity contribution in [1.82, 2.24) is 4.90 Å². The van der Waals surface area contributed by atoms with Crippen molar-refractivity contribution < 1.29 is 22.7 Å². The van der Waals surface area contributed by atoms with Gasteiger partial charge in [-0.2, -0.15) is 0 Å². The van der Waals surface area contributed by atoms with E-state index in [0.29, 0.717) is 42.6 Å². The fraction of sp³-hybridized carbons (Fsp3) is 0.381. The van der Waals surface area contributed by atoms with E-state index >= 15 is 0 Å². The van der Waals surface area contributed by atoms with Crippen molar-refractivity contribution in [1.29, 1.82) is 0 Å². The molecule has 1 saturated heterocycles. The summed E-state index contributed by atoms with van der Waals surface area (Å²) in [6.45, 7) is 0.963. The molecule has 1 unspecified atom stereocenters. The second-order valence-corrected chi connectivity index (χ2v) is 12.5. The highest BCUT2D eigenvalue weighted by Crippen LogP contribution is 2.41. The first kappa shape index (κ1) is 22.8. The lowest BCUT2D eigenvalue weighted by Gasteiger charge is -2.25. The molecule has 2 aromatic carbocycles. The molecule has 30 heavy (non-hydrogen) atoms. The second-order valence-electron chi connectivity index (χ2n) is 6.81. The molecule has 1 atom stereocenters. The van der Waals surface area contributed by atoms with Gasteiger partial charge in [0.15, 0.2) is 20.4 Å². The lowest BCUT2D eigenvalue weighted by molar-refractivity contribution is -0.128. The van der Waals surface area contributed by atoms with Crippen molar-refractivity contribution in [3.63, 3.8) is 0 Å². The zero-order valence-corrected chi connectivity index (χ0v) is 19.4. The highest BCUT2D eigenvalue weighted by atomic mass is 33.1. The van der Waals surface area contributed by atoms with E-state index in [4.69, 9.17) is 9.47 Å². The molecule has 6 nitrogen and oxygen atoms in total. The van der Waals surface area contributed by atoms with Gasteiger partial charge < -0.3 is 14.4 Å². The molecule has 1 heterocycles. The Morgan fingerprint density at radius 2 is 1.93 bits per heavy atom. The van der Waals surface area contributed by atoms with Crippen LogP contribution in [0.2, 0.25) is 0 Å². The summed E-state index contributed by atoms with van der Waals surface area (Å²) in [6, 6.07) is 15.6. The molecule has 0 aromatic heterocycles. The summed E-state index contributed by atoms with van der Waals surface area (Å²) >= 11 is 1.57. The smallest absolute Gasteiger partial charge is 0.233 e. The van der Waals surface area contributed by atoms with Crippen LogP contribution >= 0.6 is 22.6 Å². The summed E-state index contributed by atoms with van der Waals surface area (Å²) in [5, 5.41) is -0.113. The lowest BCUT2D eigenvalue weighted by atomic mass is 10.1. The van der Waals surface area contributed by atoms with Gasteiger partial charge in [-0.15, -0.1) is 11.8 Å². The molecule has 0 saturated carbocycles. The minimum Gasteiger partial charge on any atom is -0.493 e. The summed E-state index contributed by atoms with van der Waals surface area (Å²) in [4.78, 5) is 14.2. The first-order valence-corrected chi connectivity index (χ1v) is 13.9. The number of carbonyl (C=O) groups excluding carboxylic acids is 1. The highest BCUT2D eigenvalue weighted by Gasteiger charge is 2.33. The van der Waals surface area contributed by atoms with Crippen LogP contribution in [0.1, 0.15) is 22.9 Å². The van der Waals surface area contributed by atoms with E-state index in [1.165, 1.54) is 6.26 Å². The van der Waals surface area contributed by atoms with Gasteiger partial charge in [0.25, 0.3) is 0 Å². The van der Waals surface area contributed by atoms with Crippen molar-refractivity contribution in [3.8, 4) is 11.5 Å². The van der Waals surface area contributed by atoms with Crippen LogP contribution in [0.15, 0.2) is 48.5 Å². The molecular weight excluding hydrogens is 442 g/mol. The zero-order chi connectivity index (χ0) is 21.6. The molecule has 0 spiro atoms. The lowest BCUT2D eigenvalue weighted by Crippen LogP contribution is -2.29. The third-order valence-electron chi connectivity index (χ3n) is 4.52. The minimum absolute atomic E-state index is 0.0673. The molecule has 1 fully saturated rings. The van der Waals surface area contributed by atoms with Gasteiger partial charge in [0.2, 0.25) is 5.91 Å². The summed E-state index contributed by atoms with van der Waals surface area (Å²) in [6.07, 6.45) is 1.82. The average molecular weight is 468 g/mol. The maximum Gasteiger partial charge on any atom is 0.233 e. The summed E-state index contributed by atoms with van der Waals surface area (Å²) in [5.74, 6) is 2.22. The molecular formula is C21H25NO5S3. The largest absolute Gasteiger partial charge is 0.493 e. The van der Waals surface area contributed by atoms with Crippen LogP contribution < -0.4 is 9.47 Å². The molecule has 0 bridgehead atoms. The maximum atomic E-state index is 12.4. The number of rotatable bonds is 10. The third kappa shape index (κ3) is 6.33. The summed E-state index contributed by atoms with van der Waals surface area (Å²) < 4.78 is 34.0. The normalized spacial score (nSPS) is 16.7. The Balaban J connectivity index is 1.66. The van der Waals surface area contributed by atoms with E-state index in [-0.39, 0.29) is 11.3 Å². The van der Waals surface area contributed by atoms with Crippen LogP contribution in [0.4, 0.5) is 0 Å². The Labute approximate surface area is 185 Å². The number of hydrogen-bond donors (Lipinski definition) is 0. The first-order valence-electron chi connectivity index (χ1n) is 9.47. The number of carbonyl (C=O) groups is 1. The van der Waals surface area contributed by atoms with Crippen LogP contribution in [-0.2, 0) is 20.3 Å². The summed E-state index contributed by atoms with van der Waals surface area (Å²) in [7, 11) is -0.544. The standard InChI is InChI=1S/C21H25NO5S3/c1-26-19-13-17(9-10-18(19)27-14-16-7-4-3-5-8-16)21-22(20(23)15-28-21)11-6-12-29-30(2,24)25/h3-5,7-10,13,21H,6,11-12,14-15H2,1-2H3. The average Bonchev–Trinajstić information content (AvgIpc) is 3.10. The molecule has 0 N–H and O–H groups in total. The third-order valence-corrected chi connectivity index (χ3v) is 8.44. The predicted octanol–water partition coefficient (Wildman–Crippen LogP) is 3.93. The topological polar surface area (TPSA) is 72.9 Å². The van der Waals surface area contributed by atoms with E-state index in [1.807, 2.05) is 53.4 Å². The van der Waals surface area contributed by atoms with Crippen LogP contribution in [0.5, 0.6) is 11.5 Å². The highest BCUT2D eigenvalue weighted by molar-refractivity contribution is 8.71. The molecule has 0 aliphatic carbocycles. The van der Waals surface area contributed by atoms with E-state index in [2.05, 4.69) is 0 Å². The van der Waals surface area contributed by atoms with E-state index in [1.54, 1.807) is 18.9 Å². The van der Waals surface area contributed by atoms with Gasteiger partial charge in [-0.3, -0.25) is 4.79 Å². The predicted molar refractivity (Wildman–Crippen MR) is 123 cm³/mol. The van der Waals surface area contributed by atoms with E-state index in [9.17, 15) is 13.2 Å². The number of methoxy groups -OCH3 is 1. The Kier molecular flexibility index (Phi) is 7.96. The van der Waals surface area contributed by atoms with Gasteiger partial charge in [0.05, 0.1) is 12.9 Å². The number of thioether (sulfide) groups is 1. The molecule has 1 aliphatic rings. The van der Waals surface area contributed by atoms with Gasteiger partial charge in [0, 0.05) is 18.6 Å². The molecule has 1 aliphatic heterocycles. The molecule has 162 valence electrons. The monoisotopic (exact) mass is 467 g/mol. The molecule has 0 radical (unpaired) electrons. The van der Waals surface area contributed by atoms with Crippen molar-refractivity contribution in [3.05, 3.63) is 59.7 Å². The molecule has 1 amide bonds. The molecule has 9 heteroatoms. The van der Waals surface area contributed by atoms with E-state index < -0.39 is 8.87 Å². The quantitative estimate of drug-likeness (QED) is 0.387. The Bertz CT molecular complexity index is 966. The number of hydrogen-bond acceptors (Lipinski definition) is 7. The molecule has 3 rings (SSSR count). The number of benzene rings is 2. The SMILES string of the molecule is COc1cc(C2SCC(=O)N2CCCSS(C)(=O)=O)ccc1OCc1ccccc1. The van der Waals surface area contributed by atoms with Gasteiger partial charge in [-0.05, 0) is 40.5 Å². The van der Waals surface area contributed by atoms with Crippen LogP contribution in [0, 0.1) is 0 Å². The van der Waals surface area contributed by atoms with Crippen LogP contribution in [0.3, 0.4) is 0 Å². The van der Waals surface area contributed by atoms with Gasteiger partial charge in [0.1, 0.15) is 12.0 Å². The Morgan fingerprint density at radius 3 is 2.63 bits per heavy atom.